The van der Waals surface area contributed by atoms with Crippen LogP contribution in [0, 0.1) is 12.3 Å². The zero-order valence-corrected chi connectivity index (χ0v) is 8.19. The van der Waals surface area contributed by atoms with Crippen LogP contribution < -0.4 is 0 Å². The fourth-order valence-electron chi connectivity index (χ4n) is 0.672. The van der Waals surface area contributed by atoms with Gasteiger partial charge in [0.05, 0.1) is 0 Å². The van der Waals surface area contributed by atoms with Crippen LogP contribution in [0.25, 0.3) is 0 Å². The van der Waals surface area contributed by atoms with Gasteiger partial charge in [-0.1, -0.05) is 5.92 Å². The second kappa shape index (κ2) is 3.20. The molecule has 1 aliphatic rings. The van der Waals surface area contributed by atoms with Gasteiger partial charge in [-0.3, -0.25) is 9.09 Å². The molecule has 0 amide bonds. The summed E-state index contributed by atoms with van der Waals surface area (Å²) in [6.45, 7) is -2.61. The van der Waals surface area contributed by atoms with Crippen molar-refractivity contribution in [3.05, 3.63) is 0 Å². The van der Waals surface area contributed by atoms with Gasteiger partial charge in [0.1, 0.15) is 6.10 Å². The zero-order chi connectivity index (χ0) is 8.48. The Bertz CT molecular complexity index is 235. The molecule has 1 fully saturated rings. The first-order valence-electron chi connectivity index (χ1n) is 3.15. The first-order valence-corrected chi connectivity index (χ1v) is 6.32. The molecular formula is C6H10NO2PS. The molecule has 0 aromatic carbocycles. The highest BCUT2D eigenvalue weighted by atomic mass is 32.7. The molecule has 0 aromatic heterocycles. The molecule has 11 heavy (non-hydrogen) atoms. The largest absolute Gasteiger partial charge is 0.329 e. The summed E-state index contributed by atoms with van der Waals surface area (Å²) in [7, 11) is 3.46. The van der Waals surface area contributed by atoms with Crippen LogP contribution in [0.4, 0.5) is 0 Å². The van der Waals surface area contributed by atoms with E-state index in [4.69, 9.17) is 10.9 Å². The van der Waals surface area contributed by atoms with Gasteiger partial charge in [0.2, 0.25) is 0 Å². The van der Waals surface area contributed by atoms with Gasteiger partial charge >= 0.3 is 6.72 Å². The summed E-state index contributed by atoms with van der Waals surface area (Å²) in [5.41, 5.74) is 0. The van der Waals surface area contributed by atoms with Crippen LogP contribution in [0.3, 0.4) is 0 Å². The first-order chi connectivity index (χ1) is 5.08. The first kappa shape index (κ1) is 9.15. The van der Waals surface area contributed by atoms with Crippen LogP contribution in [0.15, 0.2) is 0 Å². The molecule has 1 aliphatic heterocycles. The van der Waals surface area contributed by atoms with E-state index in [1.807, 2.05) is 0 Å². The lowest BCUT2D eigenvalue weighted by Crippen LogP contribution is -2.08. The van der Waals surface area contributed by atoms with Crippen molar-refractivity contribution >= 4 is 18.1 Å². The van der Waals surface area contributed by atoms with Crippen molar-refractivity contribution in [2.75, 3.05) is 19.8 Å². The van der Waals surface area contributed by atoms with E-state index in [0.29, 0.717) is 5.75 Å². The Morgan fingerprint density at radius 1 is 1.82 bits per heavy atom. The Hall–Kier alpha value is 0.0600. The molecule has 2 atom stereocenters. The quantitative estimate of drug-likeness (QED) is 0.463. The maximum absolute atomic E-state index is 11.7. The van der Waals surface area contributed by atoms with Gasteiger partial charge in [-0.2, -0.15) is 0 Å². The second-order valence-corrected chi connectivity index (χ2v) is 7.07. The summed E-state index contributed by atoms with van der Waals surface area (Å²) in [6.07, 6.45) is 4.84. The van der Waals surface area contributed by atoms with Gasteiger partial charge in [-0.15, -0.1) is 6.42 Å². The molecule has 0 bridgehead atoms. The minimum atomic E-state index is -2.61. The Morgan fingerprint density at radius 2 is 2.45 bits per heavy atom. The summed E-state index contributed by atoms with van der Waals surface area (Å²) < 4.78 is 18.4. The highest BCUT2D eigenvalue weighted by Gasteiger charge is 2.37. The van der Waals surface area contributed by atoms with E-state index in [1.54, 1.807) is 18.8 Å². The maximum Gasteiger partial charge on any atom is 0.329 e. The average molecular weight is 191 g/mol. The summed E-state index contributed by atoms with van der Waals surface area (Å²) in [4.78, 5) is 0. The van der Waals surface area contributed by atoms with Crippen molar-refractivity contribution < 1.29 is 9.09 Å². The van der Waals surface area contributed by atoms with E-state index >= 15 is 0 Å². The molecule has 62 valence electrons. The van der Waals surface area contributed by atoms with E-state index in [1.165, 1.54) is 11.4 Å². The lowest BCUT2D eigenvalue weighted by molar-refractivity contribution is 0.277. The van der Waals surface area contributed by atoms with E-state index < -0.39 is 6.72 Å². The van der Waals surface area contributed by atoms with E-state index in [0.717, 1.165) is 0 Å². The predicted molar refractivity (Wildman–Crippen MR) is 47.5 cm³/mol. The van der Waals surface area contributed by atoms with Gasteiger partial charge in [-0.25, -0.2) is 4.67 Å². The molecule has 5 heteroatoms. The molecule has 0 saturated carbocycles. The van der Waals surface area contributed by atoms with Crippen molar-refractivity contribution in [1.82, 2.24) is 4.67 Å². The Morgan fingerprint density at radius 3 is 2.73 bits per heavy atom. The monoisotopic (exact) mass is 191 g/mol. The summed E-state index contributed by atoms with van der Waals surface area (Å²) in [5, 5.41) is 0. The van der Waals surface area contributed by atoms with Gasteiger partial charge < -0.3 is 0 Å². The van der Waals surface area contributed by atoms with E-state index in [2.05, 4.69) is 5.92 Å². The molecule has 0 radical (unpaired) electrons. The highest BCUT2D eigenvalue weighted by Crippen LogP contribution is 2.66. The van der Waals surface area contributed by atoms with Crippen LogP contribution >= 0.6 is 18.1 Å². The molecule has 0 N–H and O–H groups in total. The maximum atomic E-state index is 11.7. The number of hydrogen-bond acceptors (Lipinski definition) is 3. The smallest absolute Gasteiger partial charge is 0.292 e. The number of hydrogen-bond donors (Lipinski definition) is 0. The van der Waals surface area contributed by atoms with Crippen LogP contribution in [0.2, 0.25) is 0 Å². The molecule has 2 unspecified atom stereocenters. The van der Waals surface area contributed by atoms with Crippen molar-refractivity contribution in [3.63, 3.8) is 0 Å². The Balaban J connectivity index is 2.67. The average Bonchev–Trinajstić information content (AvgIpc) is 2.33. The number of nitrogens with zero attached hydrogens (tertiary/aromatic N) is 1. The molecule has 1 saturated heterocycles. The summed E-state index contributed by atoms with van der Waals surface area (Å²) in [6, 6.07) is 0. The lowest BCUT2D eigenvalue weighted by Gasteiger charge is -2.16. The van der Waals surface area contributed by atoms with Crippen molar-refractivity contribution in [2.24, 2.45) is 0 Å². The van der Waals surface area contributed by atoms with Gasteiger partial charge in [-0.05, 0) is 25.5 Å². The third-order valence-electron chi connectivity index (χ3n) is 1.33. The van der Waals surface area contributed by atoms with Crippen LogP contribution in [-0.4, -0.2) is 30.6 Å². The van der Waals surface area contributed by atoms with Crippen LogP contribution in [-0.2, 0) is 9.09 Å². The number of terminal acetylenes is 1. The zero-order valence-electron chi connectivity index (χ0n) is 6.48. The Kier molecular flexibility index (Phi) is 2.66. The predicted octanol–water partition coefficient (Wildman–Crippen LogP) is 1.42. The van der Waals surface area contributed by atoms with E-state index in [-0.39, 0.29) is 6.10 Å². The minimum absolute atomic E-state index is 0.284. The fourth-order valence-corrected chi connectivity index (χ4v) is 4.36. The molecule has 0 aromatic rings. The van der Waals surface area contributed by atoms with Crippen LogP contribution in [0.5, 0.6) is 0 Å². The minimum Gasteiger partial charge on any atom is -0.292 e. The van der Waals surface area contributed by atoms with E-state index in [9.17, 15) is 4.57 Å². The summed E-state index contributed by atoms with van der Waals surface area (Å²) in [5.74, 6) is 3.06. The molecule has 3 nitrogen and oxygen atoms in total. The molecule has 0 aliphatic carbocycles. The third-order valence-corrected chi connectivity index (χ3v) is 6.27. The SMILES string of the molecule is C#CC1CSP(=O)(N(C)C)O1. The third kappa shape index (κ3) is 1.80. The molecule has 1 rings (SSSR count). The molecule has 0 spiro atoms. The van der Waals surface area contributed by atoms with Gasteiger partial charge in [0, 0.05) is 5.75 Å². The normalized spacial score (nSPS) is 37.5. The topological polar surface area (TPSA) is 29.5 Å². The van der Waals surface area contributed by atoms with Crippen molar-refractivity contribution in [1.29, 1.82) is 0 Å². The molecular weight excluding hydrogens is 181 g/mol. The molecule has 1 heterocycles. The Labute approximate surface area is 70.7 Å². The highest BCUT2D eigenvalue weighted by molar-refractivity contribution is 8.56. The van der Waals surface area contributed by atoms with Crippen molar-refractivity contribution in [2.45, 2.75) is 6.10 Å². The lowest BCUT2D eigenvalue weighted by atomic mass is 10.4. The number of rotatable bonds is 1. The van der Waals surface area contributed by atoms with Gasteiger partial charge in [0.25, 0.3) is 0 Å². The van der Waals surface area contributed by atoms with Crippen LogP contribution in [0.1, 0.15) is 0 Å². The van der Waals surface area contributed by atoms with Crippen molar-refractivity contribution in [3.8, 4) is 12.3 Å². The summed E-state index contributed by atoms with van der Waals surface area (Å²) >= 11 is 1.30. The second-order valence-electron chi connectivity index (χ2n) is 2.37. The fraction of sp³-hybridized carbons (Fsp3) is 0.667. The van der Waals surface area contributed by atoms with Gasteiger partial charge in [0.15, 0.2) is 0 Å². The standard InChI is InChI=1S/C6H10NO2PS/c1-4-6-5-11-10(8,9-6)7(2)3/h1,6H,5H2,2-3H3.